The van der Waals surface area contributed by atoms with Gasteiger partial charge in [-0.15, -0.1) is 0 Å². The zero-order valence-corrected chi connectivity index (χ0v) is 10.6. The Kier molecular flexibility index (Phi) is 2.78. The van der Waals surface area contributed by atoms with Crippen molar-refractivity contribution in [3.8, 4) is 0 Å². The van der Waals surface area contributed by atoms with E-state index in [0.717, 1.165) is 12.8 Å². The minimum Gasteiger partial charge on any atom is -0.307 e. The molecule has 3 nitrogen and oxygen atoms in total. The quantitative estimate of drug-likeness (QED) is 0.684. The average molecular weight is 212 g/mol. The molecule has 0 aromatic carbocycles. The highest BCUT2D eigenvalue weighted by Gasteiger charge is 2.53. The first kappa shape index (κ1) is 12.7. The van der Waals surface area contributed by atoms with E-state index in [0.29, 0.717) is 0 Å². The molecular weight excluding hydrogens is 188 g/mol. The third kappa shape index (κ3) is 2.23. The Morgan fingerprint density at radius 1 is 1.13 bits per heavy atom. The number of hydrogen-bond donors (Lipinski definition) is 2. The summed E-state index contributed by atoms with van der Waals surface area (Å²) >= 11 is 0. The summed E-state index contributed by atoms with van der Waals surface area (Å²) in [5, 5.41) is 0. The molecule has 88 valence electrons. The zero-order chi connectivity index (χ0) is 12.1. The van der Waals surface area contributed by atoms with E-state index in [9.17, 15) is 4.79 Å². The van der Waals surface area contributed by atoms with Gasteiger partial charge in [-0.2, -0.15) is 0 Å². The van der Waals surface area contributed by atoms with Gasteiger partial charge in [-0.3, -0.25) is 4.79 Å². The van der Waals surface area contributed by atoms with Gasteiger partial charge in [-0.05, 0) is 30.6 Å². The molecule has 0 unspecified atom stereocenters. The lowest BCUT2D eigenvalue weighted by molar-refractivity contribution is -0.133. The number of carbonyl (C=O) groups excluding carboxylic acids is 1. The van der Waals surface area contributed by atoms with Crippen molar-refractivity contribution in [2.45, 2.75) is 53.1 Å². The molecule has 0 radical (unpaired) electrons. The summed E-state index contributed by atoms with van der Waals surface area (Å²) in [5.74, 6) is -0.0417. The van der Waals surface area contributed by atoms with Gasteiger partial charge in [0.15, 0.2) is 5.78 Å². The molecule has 1 rings (SSSR count). The highest BCUT2D eigenvalue weighted by atomic mass is 16.1. The van der Waals surface area contributed by atoms with Gasteiger partial charge in [0.25, 0.3) is 0 Å². The molecule has 0 aromatic heterocycles. The monoisotopic (exact) mass is 212 g/mol. The highest BCUT2D eigenvalue weighted by Crippen LogP contribution is 2.54. The SMILES string of the molecule is CC(N)(N)C(=O)C1C(C)(C)CCC1(C)C. The minimum absolute atomic E-state index is 0.00463. The van der Waals surface area contributed by atoms with E-state index >= 15 is 0 Å². The maximum absolute atomic E-state index is 12.2. The first-order valence-corrected chi connectivity index (χ1v) is 5.60. The van der Waals surface area contributed by atoms with Gasteiger partial charge in [-0.25, -0.2) is 0 Å². The first-order chi connectivity index (χ1) is 6.48. The van der Waals surface area contributed by atoms with Gasteiger partial charge >= 0.3 is 0 Å². The van der Waals surface area contributed by atoms with Crippen LogP contribution in [0.25, 0.3) is 0 Å². The van der Waals surface area contributed by atoms with E-state index in [2.05, 4.69) is 27.7 Å². The van der Waals surface area contributed by atoms with E-state index in [1.807, 2.05) is 0 Å². The van der Waals surface area contributed by atoms with Crippen molar-refractivity contribution >= 4 is 5.78 Å². The van der Waals surface area contributed by atoms with Gasteiger partial charge in [0, 0.05) is 5.92 Å². The highest BCUT2D eigenvalue weighted by molar-refractivity contribution is 5.90. The second kappa shape index (κ2) is 3.29. The predicted octanol–water partition coefficient (Wildman–Crippen LogP) is 1.65. The normalized spacial score (nSPS) is 25.5. The molecule has 0 aromatic rings. The molecule has 1 aliphatic rings. The van der Waals surface area contributed by atoms with Crippen LogP contribution >= 0.6 is 0 Å². The van der Waals surface area contributed by atoms with E-state index < -0.39 is 5.66 Å². The van der Waals surface area contributed by atoms with E-state index in [1.165, 1.54) is 0 Å². The number of carbonyl (C=O) groups is 1. The van der Waals surface area contributed by atoms with Crippen LogP contribution in [-0.4, -0.2) is 11.4 Å². The van der Waals surface area contributed by atoms with Crippen LogP contribution in [0.4, 0.5) is 0 Å². The summed E-state index contributed by atoms with van der Waals surface area (Å²) in [7, 11) is 0. The Morgan fingerprint density at radius 2 is 1.47 bits per heavy atom. The third-order valence-electron chi connectivity index (χ3n) is 3.77. The smallest absolute Gasteiger partial charge is 0.170 e. The lowest BCUT2D eigenvalue weighted by Gasteiger charge is -2.37. The summed E-state index contributed by atoms with van der Waals surface area (Å²) in [6, 6.07) is 0. The average Bonchev–Trinajstić information content (AvgIpc) is 2.18. The van der Waals surface area contributed by atoms with Crippen molar-refractivity contribution in [2.75, 3.05) is 0 Å². The number of nitrogens with two attached hydrogens (primary N) is 2. The van der Waals surface area contributed by atoms with Crippen molar-refractivity contribution in [1.29, 1.82) is 0 Å². The maximum atomic E-state index is 12.2. The molecule has 1 saturated carbocycles. The van der Waals surface area contributed by atoms with Crippen LogP contribution in [0.3, 0.4) is 0 Å². The Morgan fingerprint density at radius 3 is 1.73 bits per heavy atom. The Hall–Kier alpha value is -0.410. The van der Waals surface area contributed by atoms with Crippen molar-refractivity contribution in [1.82, 2.24) is 0 Å². The second-order valence-corrected chi connectivity index (χ2v) is 6.56. The van der Waals surface area contributed by atoms with Crippen molar-refractivity contribution in [3.05, 3.63) is 0 Å². The Bertz CT molecular complexity index is 258. The maximum Gasteiger partial charge on any atom is 0.170 e. The van der Waals surface area contributed by atoms with E-state index in [4.69, 9.17) is 11.5 Å². The Balaban J connectivity index is 3.06. The van der Waals surface area contributed by atoms with E-state index in [-0.39, 0.29) is 22.5 Å². The summed E-state index contributed by atoms with van der Waals surface area (Å²) in [5.41, 5.74) is 10.3. The van der Waals surface area contributed by atoms with Crippen molar-refractivity contribution in [2.24, 2.45) is 28.2 Å². The van der Waals surface area contributed by atoms with Crippen LogP contribution in [0.1, 0.15) is 47.5 Å². The molecule has 15 heavy (non-hydrogen) atoms. The number of rotatable bonds is 2. The van der Waals surface area contributed by atoms with Crippen molar-refractivity contribution in [3.63, 3.8) is 0 Å². The van der Waals surface area contributed by atoms with Crippen molar-refractivity contribution < 1.29 is 4.79 Å². The summed E-state index contributed by atoms with van der Waals surface area (Å²) < 4.78 is 0. The van der Waals surface area contributed by atoms with Crippen LogP contribution in [0.15, 0.2) is 0 Å². The fourth-order valence-electron chi connectivity index (χ4n) is 3.01. The molecule has 0 bridgehead atoms. The molecular formula is C12H24N2O. The van der Waals surface area contributed by atoms with Gasteiger partial charge in [0.1, 0.15) is 5.66 Å². The van der Waals surface area contributed by atoms with E-state index in [1.54, 1.807) is 6.92 Å². The van der Waals surface area contributed by atoms with Crippen LogP contribution in [0, 0.1) is 16.7 Å². The lowest BCUT2D eigenvalue weighted by atomic mass is 9.68. The van der Waals surface area contributed by atoms with Gasteiger partial charge in [0.05, 0.1) is 0 Å². The van der Waals surface area contributed by atoms with Gasteiger partial charge < -0.3 is 11.5 Å². The number of ketones is 1. The molecule has 0 aliphatic heterocycles. The fourth-order valence-corrected chi connectivity index (χ4v) is 3.01. The standard InChI is InChI=1S/C12H24N2O/c1-10(2)6-7-11(3,4)8(10)9(15)12(5,13)14/h8H,6-7,13-14H2,1-5H3. The van der Waals surface area contributed by atoms with Crippen LogP contribution in [0.5, 0.6) is 0 Å². The summed E-state index contributed by atoms with van der Waals surface area (Å²) in [6.07, 6.45) is 2.12. The summed E-state index contributed by atoms with van der Waals surface area (Å²) in [6.45, 7) is 10.1. The Labute approximate surface area is 92.6 Å². The van der Waals surface area contributed by atoms with Gasteiger partial charge in [-0.1, -0.05) is 27.7 Å². The fraction of sp³-hybridized carbons (Fsp3) is 0.917. The molecule has 0 saturated heterocycles. The molecule has 1 aliphatic carbocycles. The molecule has 0 atom stereocenters. The second-order valence-electron chi connectivity index (χ2n) is 6.56. The van der Waals surface area contributed by atoms with Crippen LogP contribution in [-0.2, 0) is 4.79 Å². The molecule has 3 heteroatoms. The zero-order valence-electron chi connectivity index (χ0n) is 10.6. The number of hydrogen-bond acceptors (Lipinski definition) is 3. The third-order valence-corrected chi connectivity index (χ3v) is 3.77. The molecule has 1 fully saturated rings. The van der Waals surface area contributed by atoms with Gasteiger partial charge in [0.2, 0.25) is 0 Å². The minimum atomic E-state index is -1.20. The largest absolute Gasteiger partial charge is 0.307 e. The molecule has 0 heterocycles. The topological polar surface area (TPSA) is 69.1 Å². The predicted molar refractivity (Wildman–Crippen MR) is 62.1 cm³/mol. The molecule has 4 N–H and O–H groups in total. The van der Waals surface area contributed by atoms with Crippen LogP contribution < -0.4 is 11.5 Å². The summed E-state index contributed by atoms with van der Waals surface area (Å²) in [4.78, 5) is 12.2. The lowest BCUT2D eigenvalue weighted by Crippen LogP contribution is -2.59. The number of Topliss-reactive ketones (excluding diaryl/α,β-unsaturated/α-hetero) is 1. The first-order valence-electron chi connectivity index (χ1n) is 5.60. The van der Waals surface area contributed by atoms with Crippen LogP contribution in [0.2, 0.25) is 0 Å². The molecule has 0 amide bonds. The molecule has 0 spiro atoms.